The molecule has 0 aromatic carbocycles. The molecule has 1 fully saturated rings. The van der Waals surface area contributed by atoms with E-state index < -0.39 is 12.0 Å². The predicted octanol–water partition coefficient (Wildman–Crippen LogP) is 0.698. The van der Waals surface area contributed by atoms with Crippen molar-refractivity contribution in [3.05, 3.63) is 0 Å². The fourth-order valence-electron chi connectivity index (χ4n) is 2.35. The molecule has 1 saturated carbocycles. The monoisotopic (exact) mass is 200 g/mol. The zero-order valence-electron chi connectivity index (χ0n) is 8.54. The van der Waals surface area contributed by atoms with E-state index in [2.05, 4.69) is 0 Å². The number of hydrogen-bond donors (Lipinski definition) is 3. The van der Waals surface area contributed by atoms with Gasteiger partial charge < -0.3 is 16.6 Å². The van der Waals surface area contributed by atoms with Crippen molar-refractivity contribution < 1.29 is 9.90 Å². The van der Waals surface area contributed by atoms with Gasteiger partial charge in [-0.15, -0.1) is 0 Å². The van der Waals surface area contributed by atoms with Crippen molar-refractivity contribution in [1.29, 1.82) is 0 Å². The van der Waals surface area contributed by atoms with Crippen LogP contribution in [0.5, 0.6) is 0 Å². The molecule has 0 amide bonds. The van der Waals surface area contributed by atoms with Gasteiger partial charge in [0.2, 0.25) is 0 Å². The Morgan fingerprint density at radius 2 is 1.93 bits per heavy atom. The van der Waals surface area contributed by atoms with Crippen molar-refractivity contribution in [2.45, 2.75) is 44.6 Å². The summed E-state index contributed by atoms with van der Waals surface area (Å²) in [7, 11) is 0. The molecule has 1 aliphatic rings. The van der Waals surface area contributed by atoms with Gasteiger partial charge in [-0.2, -0.15) is 0 Å². The van der Waals surface area contributed by atoms with E-state index in [9.17, 15) is 4.79 Å². The van der Waals surface area contributed by atoms with Gasteiger partial charge in [0.15, 0.2) is 0 Å². The lowest BCUT2D eigenvalue weighted by Gasteiger charge is -2.37. The Kier molecular flexibility index (Phi) is 3.89. The van der Waals surface area contributed by atoms with E-state index in [4.69, 9.17) is 16.6 Å². The van der Waals surface area contributed by atoms with E-state index in [0.29, 0.717) is 13.0 Å². The number of nitrogens with two attached hydrogens (primary N) is 2. The van der Waals surface area contributed by atoms with Crippen LogP contribution in [0.3, 0.4) is 0 Å². The Bertz CT molecular complexity index is 200. The minimum Gasteiger partial charge on any atom is -0.480 e. The summed E-state index contributed by atoms with van der Waals surface area (Å²) < 4.78 is 0. The molecule has 0 heterocycles. The summed E-state index contributed by atoms with van der Waals surface area (Å²) in [4.78, 5) is 10.7. The van der Waals surface area contributed by atoms with Crippen LogP contribution in [-0.4, -0.2) is 23.7 Å². The third-order valence-electron chi connectivity index (χ3n) is 3.32. The standard InChI is InChI=1S/C10H20N2O2/c11-7-10(4-2-1-3-5-10)6-8(12)9(13)14/h8H,1-7,11-12H2,(H,13,14). The molecule has 5 N–H and O–H groups in total. The summed E-state index contributed by atoms with van der Waals surface area (Å²) in [6, 6.07) is -0.753. The smallest absolute Gasteiger partial charge is 0.320 e. The molecule has 0 aromatic rings. The molecule has 1 atom stereocenters. The fraction of sp³-hybridized carbons (Fsp3) is 0.900. The molecule has 1 aliphatic carbocycles. The van der Waals surface area contributed by atoms with Gasteiger partial charge >= 0.3 is 5.97 Å². The van der Waals surface area contributed by atoms with Gasteiger partial charge in [-0.05, 0) is 31.2 Å². The Balaban J connectivity index is 2.55. The zero-order chi connectivity index (χ0) is 10.6. The Morgan fingerprint density at radius 1 is 1.36 bits per heavy atom. The Hall–Kier alpha value is -0.610. The summed E-state index contributed by atoms with van der Waals surface area (Å²) in [5.74, 6) is -0.914. The van der Waals surface area contributed by atoms with Crippen molar-refractivity contribution in [2.75, 3.05) is 6.54 Å². The summed E-state index contributed by atoms with van der Waals surface area (Å²) in [6.07, 6.45) is 6.14. The van der Waals surface area contributed by atoms with Gasteiger partial charge in [0, 0.05) is 0 Å². The lowest BCUT2D eigenvalue weighted by Crippen LogP contribution is -2.42. The Morgan fingerprint density at radius 3 is 2.36 bits per heavy atom. The van der Waals surface area contributed by atoms with Gasteiger partial charge in [-0.3, -0.25) is 4.79 Å². The zero-order valence-corrected chi connectivity index (χ0v) is 8.54. The molecule has 1 rings (SSSR count). The molecule has 4 nitrogen and oxygen atoms in total. The first-order valence-corrected chi connectivity index (χ1v) is 5.28. The molecule has 1 unspecified atom stereocenters. The van der Waals surface area contributed by atoms with Crippen LogP contribution >= 0.6 is 0 Å². The summed E-state index contributed by atoms with van der Waals surface area (Å²) in [5.41, 5.74) is 11.3. The molecule has 0 aliphatic heterocycles. The number of carbonyl (C=O) groups is 1. The molecule has 0 spiro atoms. The van der Waals surface area contributed by atoms with Gasteiger partial charge in [0.05, 0.1) is 0 Å². The molecule has 82 valence electrons. The van der Waals surface area contributed by atoms with Gasteiger partial charge in [-0.25, -0.2) is 0 Å². The molecular weight excluding hydrogens is 180 g/mol. The average Bonchev–Trinajstić information content (AvgIpc) is 2.19. The highest BCUT2D eigenvalue weighted by Gasteiger charge is 2.34. The van der Waals surface area contributed by atoms with Gasteiger partial charge in [0.1, 0.15) is 6.04 Å². The van der Waals surface area contributed by atoms with E-state index in [1.54, 1.807) is 0 Å². The SMILES string of the molecule is NCC1(CC(N)C(=O)O)CCCCC1. The van der Waals surface area contributed by atoms with Crippen LogP contribution in [-0.2, 0) is 4.79 Å². The van der Waals surface area contributed by atoms with E-state index in [1.165, 1.54) is 6.42 Å². The second-order valence-corrected chi connectivity index (χ2v) is 4.41. The topological polar surface area (TPSA) is 89.3 Å². The van der Waals surface area contributed by atoms with Gasteiger partial charge in [0.25, 0.3) is 0 Å². The molecule has 0 bridgehead atoms. The summed E-state index contributed by atoms with van der Waals surface area (Å²) in [6.45, 7) is 0.563. The lowest BCUT2D eigenvalue weighted by molar-refractivity contribution is -0.139. The van der Waals surface area contributed by atoms with E-state index >= 15 is 0 Å². The molecule has 0 radical (unpaired) electrons. The first-order valence-electron chi connectivity index (χ1n) is 5.28. The van der Waals surface area contributed by atoms with Crippen molar-refractivity contribution in [3.8, 4) is 0 Å². The van der Waals surface area contributed by atoms with Crippen LogP contribution in [0.4, 0.5) is 0 Å². The number of carboxylic acid groups (broad SMARTS) is 1. The van der Waals surface area contributed by atoms with Crippen molar-refractivity contribution >= 4 is 5.97 Å². The molecule has 0 saturated heterocycles. The van der Waals surface area contributed by atoms with Crippen LogP contribution in [0.2, 0.25) is 0 Å². The van der Waals surface area contributed by atoms with E-state index in [-0.39, 0.29) is 5.41 Å². The molecular formula is C10H20N2O2. The van der Waals surface area contributed by atoms with Crippen LogP contribution in [0, 0.1) is 5.41 Å². The quantitative estimate of drug-likeness (QED) is 0.623. The fourth-order valence-corrected chi connectivity index (χ4v) is 2.35. The third-order valence-corrected chi connectivity index (χ3v) is 3.32. The van der Waals surface area contributed by atoms with Crippen molar-refractivity contribution in [3.63, 3.8) is 0 Å². The summed E-state index contributed by atoms with van der Waals surface area (Å²) >= 11 is 0. The first-order chi connectivity index (χ1) is 6.59. The normalized spacial score (nSPS) is 23.0. The second-order valence-electron chi connectivity index (χ2n) is 4.41. The second kappa shape index (κ2) is 4.75. The highest BCUT2D eigenvalue weighted by Crippen LogP contribution is 2.38. The Labute approximate surface area is 84.7 Å². The van der Waals surface area contributed by atoms with Crippen LogP contribution in [0.1, 0.15) is 38.5 Å². The maximum atomic E-state index is 10.7. The highest BCUT2D eigenvalue weighted by molar-refractivity contribution is 5.73. The minimum absolute atomic E-state index is 0.00391. The maximum absolute atomic E-state index is 10.7. The van der Waals surface area contributed by atoms with Crippen molar-refractivity contribution in [2.24, 2.45) is 16.9 Å². The average molecular weight is 200 g/mol. The number of aliphatic carboxylic acids is 1. The predicted molar refractivity (Wildman–Crippen MR) is 54.8 cm³/mol. The largest absolute Gasteiger partial charge is 0.480 e. The number of hydrogen-bond acceptors (Lipinski definition) is 3. The number of rotatable bonds is 4. The summed E-state index contributed by atoms with van der Waals surface area (Å²) in [5, 5.41) is 8.76. The maximum Gasteiger partial charge on any atom is 0.320 e. The van der Waals surface area contributed by atoms with Gasteiger partial charge in [-0.1, -0.05) is 19.3 Å². The molecule has 14 heavy (non-hydrogen) atoms. The molecule has 0 aromatic heterocycles. The van der Waals surface area contributed by atoms with Crippen LogP contribution < -0.4 is 11.5 Å². The minimum atomic E-state index is -0.914. The first kappa shape index (κ1) is 11.5. The molecule has 4 heteroatoms. The van der Waals surface area contributed by atoms with Crippen molar-refractivity contribution in [1.82, 2.24) is 0 Å². The number of carboxylic acids is 1. The highest BCUT2D eigenvalue weighted by atomic mass is 16.4. The van der Waals surface area contributed by atoms with E-state index in [0.717, 1.165) is 25.7 Å². The van der Waals surface area contributed by atoms with Crippen LogP contribution in [0.25, 0.3) is 0 Å². The third kappa shape index (κ3) is 2.69. The van der Waals surface area contributed by atoms with E-state index in [1.807, 2.05) is 0 Å². The van der Waals surface area contributed by atoms with Crippen LogP contribution in [0.15, 0.2) is 0 Å². The lowest BCUT2D eigenvalue weighted by atomic mass is 9.70.